The molecule has 0 amide bonds. The van der Waals surface area contributed by atoms with Crippen LogP contribution in [-0.4, -0.2) is 30.1 Å². The minimum atomic E-state index is -0.935. The van der Waals surface area contributed by atoms with Crippen molar-refractivity contribution in [2.24, 2.45) is 0 Å². The quantitative estimate of drug-likeness (QED) is 0.476. The summed E-state index contributed by atoms with van der Waals surface area (Å²) in [5.41, 5.74) is 0.668. The number of hydrogen-bond donors (Lipinski definition) is 1. The normalized spacial score (nSPS) is 9.58. The summed E-state index contributed by atoms with van der Waals surface area (Å²) in [5.74, 6) is -2.03. The van der Waals surface area contributed by atoms with Crippen LogP contribution in [0.3, 0.4) is 0 Å². The molecule has 6 nitrogen and oxygen atoms in total. The highest BCUT2D eigenvalue weighted by Gasteiger charge is 2.05. The molecule has 0 saturated carbocycles. The average molecular weight is 270 g/mol. The van der Waals surface area contributed by atoms with Gasteiger partial charge in [-0.25, -0.2) is 14.4 Å². The second kappa shape index (κ2) is 9.64. The summed E-state index contributed by atoms with van der Waals surface area (Å²) in [6, 6.07) is 0. The maximum atomic E-state index is 10.8. The van der Waals surface area contributed by atoms with E-state index < -0.39 is 17.9 Å². The van der Waals surface area contributed by atoms with Crippen LogP contribution in [0, 0.1) is 0 Å². The molecular formula is C13H18O6. The van der Waals surface area contributed by atoms with E-state index in [0.717, 1.165) is 6.26 Å². The molecule has 0 fully saturated rings. The Bertz CT molecular complexity index is 405. The van der Waals surface area contributed by atoms with Crippen molar-refractivity contribution in [3.8, 4) is 0 Å². The van der Waals surface area contributed by atoms with Crippen molar-refractivity contribution in [2.45, 2.75) is 20.8 Å². The zero-order valence-electron chi connectivity index (χ0n) is 11.5. The predicted octanol–water partition coefficient (Wildman–Crippen LogP) is 1.83. The van der Waals surface area contributed by atoms with Crippen LogP contribution < -0.4 is 0 Å². The van der Waals surface area contributed by atoms with E-state index in [1.54, 1.807) is 0 Å². The number of methoxy groups -OCH3 is 1. The Hall–Kier alpha value is -2.37. The average Bonchev–Trinajstić information content (AvgIpc) is 2.34. The molecule has 0 aliphatic heterocycles. The summed E-state index contributed by atoms with van der Waals surface area (Å²) >= 11 is 0. The molecule has 0 aromatic heterocycles. The second-order valence-corrected chi connectivity index (χ2v) is 3.56. The van der Waals surface area contributed by atoms with Crippen molar-refractivity contribution in [1.29, 1.82) is 0 Å². The highest BCUT2D eigenvalue weighted by Crippen LogP contribution is 1.99. The highest BCUT2D eigenvalue weighted by molar-refractivity contribution is 5.90. The molecule has 1 N–H and O–H groups in total. The van der Waals surface area contributed by atoms with Gasteiger partial charge in [-0.05, 0) is 20.8 Å². The lowest BCUT2D eigenvalue weighted by Gasteiger charge is -1.99. The molecule has 0 heterocycles. The molecule has 19 heavy (non-hydrogen) atoms. The van der Waals surface area contributed by atoms with Crippen molar-refractivity contribution in [3.05, 3.63) is 36.1 Å². The number of hydrogen-bond acceptors (Lipinski definition) is 5. The van der Waals surface area contributed by atoms with Crippen LogP contribution in [-0.2, 0) is 23.9 Å². The number of carboxylic acids is 1. The zero-order valence-corrected chi connectivity index (χ0v) is 11.5. The predicted molar refractivity (Wildman–Crippen MR) is 69.1 cm³/mol. The van der Waals surface area contributed by atoms with E-state index >= 15 is 0 Å². The molecule has 0 radical (unpaired) electrons. The maximum Gasteiger partial charge on any atom is 0.337 e. The van der Waals surface area contributed by atoms with E-state index in [1.807, 2.05) is 0 Å². The largest absolute Gasteiger partial charge is 0.478 e. The Morgan fingerprint density at radius 1 is 1.00 bits per heavy atom. The first-order valence-electron chi connectivity index (χ1n) is 5.13. The fourth-order valence-electron chi connectivity index (χ4n) is 0.452. The van der Waals surface area contributed by atoms with Gasteiger partial charge in [0.15, 0.2) is 0 Å². The molecule has 0 bridgehead atoms. The van der Waals surface area contributed by atoms with Gasteiger partial charge in [0, 0.05) is 11.1 Å². The Balaban J connectivity index is 0. The van der Waals surface area contributed by atoms with Gasteiger partial charge in [0.05, 0.1) is 12.7 Å². The van der Waals surface area contributed by atoms with Crippen molar-refractivity contribution in [2.75, 3.05) is 7.11 Å². The number of ether oxygens (including phenoxy) is 2. The smallest absolute Gasteiger partial charge is 0.337 e. The second-order valence-electron chi connectivity index (χ2n) is 3.56. The molecule has 106 valence electrons. The van der Waals surface area contributed by atoms with Crippen LogP contribution in [0.5, 0.6) is 0 Å². The van der Waals surface area contributed by atoms with Gasteiger partial charge in [0.25, 0.3) is 0 Å². The number of rotatable bonds is 4. The standard InChI is InChI=1S/C9H12O4.C4H6O2/c1-6(2)8(10)13-5-7(3)9(11)12-4;1-3(2)4(5)6/h5H,1H2,2-4H3;1H2,2H3,(H,5,6). The molecule has 0 spiro atoms. The lowest BCUT2D eigenvalue weighted by atomic mass is 10.3. The molecule has 0 rings (SSSR count). The molecule has 0 atom stereocenters. The number of esters is 2. The topological polar surface area (TPSA) is 89.9 Å². The van der Waals surface area contributed by atoms with E-state index in [0.29, 0.717) is 0 Å². The van der Waals surface area contributed by atoms with Crippen molar-refractivity contribution < 1.29 is 29.0 Å². The van der Waals surface area contributed by atoms with Crippen molar-refractivity contribution in [3.63, 3.8) is 0 Å². The minimum Gasteiger partial charge on any atom is -0.478 e. The first kappa shape index (κ1) is 19.0. The summed E-state index contributed by atoms with van der Waals surface area (Å²) in [7, 11) is 1.25. The molecular weight excluding hydrogens is 252 g/mol. The van der Waals surface area contributed by atoms with Crippen LogP contribution in [0.1, 0.15) is 20.8 Å². The van der Waals surface area contributed by atoms with Crippen LogP contribution in [0.25, 0.3) is 0 Å². The SMILES string of the molecule is C=C(C)C(=O)O.C=C(C)C(=O)OC=C(C)C(=O)OC. The van der Waals surface area contributed by atoms with Gasteiger partial charge in [0.1, 0.15) is 6.26 Å². The Labute approximate surface area is 112 Å². The van der Waals surface area contributed by atoms with Crippen molar-refractivity contribution >= 4 is 17.9 Å². The molecule has 0 saturated heterocycles. The van der Waals surface area contributed by atoms with E-state index in [2.05, 4.69) is 22.6 Å². The van der Waals surface area contributed by atoms with E-state index in [9.17, 15) is 14.4 Å². The van der Waals surface area contributed by atoms with Gasteiger partial charge in [-0.15, -0.1) is 0 Å². The first-order valence-corrected chi connectivity index (χ1v) is 5.13. The van der Waals surface area contributed by atoms with Gasteiger partial charge in [0.2, 0.25) is 0 Å². The molecule has 0 aliphatic carbocycles. The minimum absolute atomic E-state index is 0.176. The van der Waals surface area contributed by atoms with Gasteiger partial charge in [-0.2, -0.15) is 0 Å². The third-order valence-corrected chi connectivity index (χ3v) is 1.56. The van der Waals surface area contributed by atoms with Gasteiger partial charge < -0.3 is 14.6 Å². The van der Waals surface area contributed by atoms with E-state index in [1.165, 1.54) is 27.9 Å². The van der Waals surface area contributed by atoms with Crippen LogP contribution in [0.4, 0.5) is 0 Å². The summed E-state index contributed by atoms with van der Waals surface area (Å²) in [4.78, 5) is 31.2. The van der Waals surface area contributed by atoms with Gasteiger partial charge in [-0.3, -0.25) is 0 Å². The number of carbonyl (C=O) groups excluding carboxylic acids is 2. The lowest BCUT2D eigenvalue weighted by Crippen LogP contribution is -2.05. The molecule has 6 heteroatoms. The number of aliphatic carboxylic acids is 1. The fourth-order valence-corrected chi connectivity index (χ4v) is 0.452. The highest BCUT2D eigenvalue weighted by atomic mass is 16.5. The molecule has 0 aromatic carbocycles. The third kappa shape index (κ3) is 10.5. The molecule has 0 unspecified atom stereocenters. The first-order chi connectivity index (χ1) is 8.63. The fraction of sp³-hybridized carbons (Fsp3) is 0.308. The Kier molecular flexibility index (Phi) is 9.63. The summed E-state index contributed by atoms with van der Waals surface area (Å²) < 4.78 is 8.97. The van der Waals surface area contributed by atoms with Crippen LogP contribution in [0.2, 0.25) is 0 Å². The van der Waals surface area contributed by atoms with E-state index in [-0.39, 0.29) is 16.7 Å². The number of carboxylic acid groups (broad SMARTS) is 1. The Morgan fingerprint density at radius 3 is 1.68 bits per heavy atom. The summed E-state index contributed by atoms with van der Waals surface area (Å²) in [6.07, 6.45) is 1.04. The van der Waals surface area contributed by atoms with Crippen molar-refractivity contribution in [1.82, 2.24) is 0 Å². The third-order valence-electron chi connectivity index (χ3n) is 1.56. The Morgan fingerprint density at radius 2 is 1.42 bits per heavy atom. The number of carbonyl (C=O) groups is 3. The van der Waals surface area contributed by atoms with Gasteiger partial charge >= 0.3 is 17.9 Å². The zero-order chi connectivity index (χ0) is 15.6. The van der Waals surface area contributed by atoms with Gasteiger partial charge in [-0.1, -0.05) is 13.2 Å². The lowest BCUT2D eigenvalue weighted by molar-refractivity contribution is -0.137. The maximum absolute atomic E-state index is 10.8. The van der Waals surface area contributed by atoms with E-state index in [4.69, 9.17) is 5.11 Å². The monoisotopic (exact) mass is 270 g/mol. The van der Waals surface area contributed by atoms with Crippen LogP contribution >= 0.6 is 0 Å². The summed E-state index contributed by atoms with van der Waals surface area (Å²) in [6.45, 7) is 11.0. The molecule has 0 aromatic rings. The molecule has 0 aliphatic rings. The summed E-state index contributed by atoms with van der Waals surface area (Å²) in [5, 5.41) is 7.89. The van der Waals surface area contributed by atoms with Crippen LogP contribution in [0.15, 0.2) is 36.1 Å².